The number of nitrogens with zero attached hydrogens (tertiary/aromatic N) is 4. The van der Waals surface area contributed by atoms with E-state index in [1.54, 1.807) is 4.68 Å². The fourth-order valence-electron chi connectivity index (χ4n) is 2.66. The van der Waals surface area contributed by atoms with Crippen LogP contribution >= 0.6 is 0 Å². The predicted octanol–water partition coefficient (Wildman–Crippen LogP) is 2.55. The van der Waals surface area contributed by atoms with Gasteiger partial charge in [-0.05, 0) is 51.3 Å². The molecule has 2 rings (SSSR count). The first kappa shape index (κ1) is 18.9. The third-order valence-corrected chi connectivity index (χ3v) is 4.61. The maximum Gasteiger partial charge on any atom is 0.223 e. The van der Waals surface area contributed by atoms with Gasteiger partial charge < -0.3 is 10.6 Å². The van der Waals surface area contributed by atoms with E-state index in [4.69, 9.17) is 0 Å². The second-order valence-corrected chi connectivity index (χ2v) is 6.22. The van der Waals surface area contributed by atoms with E-state index in [-0.39, 0.29) is 11.8 Å². The van der Waals surface area contributed by atoms with Crippen LogP contribution in [0.4, 0.5) is 5.82 Å². The van der Waals surface area contributed by atoms with Crippen molar-refractivity contribution >= 4 is 11.7 Å². The fourth-order valence-corrected chi connectivity index (χ4v) is 2.66. The third-order valence-electron chi connectivity index (χ3n) is 4.61. The molecule has 0 fully saturated rings. The second kappa shape index (κ2) is 8.60. The zero-order valence-electron chi connectivity index (χ0n) is 15.8. The van der Waals surface area contributed by atoms with Crippen molar-refractivity contribution in [1.29, 1.82) is 0 Å². The Kier molecular flexibility index (Phi) is 6.50. The van der Waals surface area contributed by atoms with Gasteiger partial charge in [0.15, 0.2) is 5.82 Å². The molecule has 2 aromatic heterocycles. The van der Waals surface area contributed by atoms with Crippen LogP contribution in [0.1, 0.15) is 43.6 Å². The fraction of sp³-hybridized carbons (Fsp3) is 0.556. The average Bonchev–Trinajstić information content (AvgIpc) is 2.88. The van der Waals surface area contributed by atoms with Gasteiger partial charge in [0.1, 0.15) is 5.82 Å². The molecule has 2 aromatic rings. The van der Waals surface area contributed by atoms with Gasteiger partial charge in [0.05, 0.1) is 5.69 Å². The number of aromatic nitrogens is 4. The molecule has 0 atom stereocenters. The largest absolute Gasteiger partial charge is 0.367 e. The number of anilines is 1. The number of amides is 1. The number of hydrogen-bond acceptors (Lipinski definition) is 5. The first-order valence-corrected chi connectivity index (χ1v) is 8.86. The van der Waals surface area contributed by atoms with E-state index in [9.17, 15) is 4.79 Å². The summed E-state index contributed by atoms with van der Waals surface area (Å²) < 4.78 is 1.80. The Morgan fingerprint density at radius 2 is 1.84 bits per heavy atom. The van der Waals surface area contributed by atoms with Gasteiger partial charge in [-0.3, -0.25) is 4.79 Å². The first-order valence-electron chi connectivity index (χ1n) is 8.86. The molecule has 7 heteroatoms. The van der Waals surface area contributed by atoms with Gasteiger partial charge in [0.25, 0.3) is 0 Å². The summed E-state index contributed by atoms with van der Waals surface area (Å²) in [7, 11) is 0. The number of nitrogens with one attached hydrogen (secondary N) is 2. The zero-order chi connectivity index (χ0) is 18.4. The summed E-state index contributed by atoms with van der Waals surface area (Å²) in [6, 6.07) is 3.76. The maximum atomic E-state index is 11.9. The lowest BCUT2D eigenvalue weighted by atomic mass is 10.0. The summed E-state index contributed by atoms with van der Waals surface area (Å²) in [6.07, 6.45) is 1.74. The third kappa shape index (κ3) is 4.55. The molecule has 25 heavy (non-hydrogen) atoms. The molecule has 2 N–H and O–H groups in total. The first-order chi connectivity index (χ1) is 12.0. The van der Waals surface area contributed by atoms with E-state index in [0.29, 0.717) is 24.7 Å². The molecule has 0 aliphatic rings. The van der Waals surface area contributed by atoms with E-state index >= 15 is 0 Å². The van der Waals surface area contributed by atoms with E-state index in [0.717, 1.165) is 29.8 Å². The van der Waals surface area contributed by atoms with Gasteiger partial charge in [0, 0.05) is 24.7 Å². The van der Waals surface area contributed by atoms with E-state index < -0.39 is 0 Å². The van der Waals surface area contributed by atoms with Crippen LogP contribution < -0.4 is 10.6 Å². The van der Waals surface area contributed by atoms with Crippen LogP contribution in [0.2, 0.25) is 0 Å². The number of carbonyl (C=O) groups is 1. The number of hydrogen-bond donors (Lipinski definition) is 2. The Balaban J connectivity index is 1.87. The highest BCUT2D eigenvalue weighted by Gasteiger charge is 2.13. The molecule has 1 amide bonds. The van der Waals surface area contributed by atoms with Gasteiger partial charge >= 0.3 is 0 Å². The molecule has 2 heterocycles. The van der Waals surface area contributed by atoms with Crippen molar-refractivity contribution in [3.05, 3.63) is 29.1 Å². The van der Waals surface area contributed by atoms with Gasteiger partial charge in [-0.2, -0.15) is 5.10 Å². The topological polar surface area (TPSA) is 84.7 Å². The highest BCUT2D eigenvalue weighted by atomic mass is 16.1. The Labute approximate surface area is 149 Å². The minimum atomic E-state index is 0.100. The Bertz CT molecular complexity index is 703. The van der Waals surface area contributed by atoms with Crippen LogP contribution in [-0.4, -0.2) is 39.0 Å². The molecule has 136 valence electrons. The van der Waals surface area contributed by atoms with Crippen molar-refractivity contribution < 1.29 is 4.79 Å². The molecule has 0 aromatic carbocycles. The van der Waals surface area contributed by atoms with E-state index in [2.05, 4.69) is 25.9 Å². The van der Waals surface area contributed by atoms with Crippen molar-refractivity contribution in [2.24, 2.45) is 5.92 Å². The van der Waals surface area contributed by atoms with Crippen LogP contribution in [-0.2, 0) is 4.79 Å². The van der Waals surface area contributed by atoms with Crippen LogP contribution in [0.15, 0.2) is 12.1 Å². The summed E-state index contributed by atoms with van der Waals surface area (Å²) in [5.74, 6) is 1.59. The van der Waals surface area contributed by atoms with Crippen molar-refractivity contribution in [2.45, 2.75) is 47.5 Å². The standard InChI is InChI=1S/C18H28N6O/c1-6-15(7-2)18(25)20-11-10-19-16-8-9-17(22-21-16)24-14(5)12(3)13(4)23-24/h8-9,15H,6-7,10-11H2,1-5H3,(H,19,21)(H,20,25). The van der Waals surface area contributed by atoms with E-state index in [1.807, 2.05) is 46.8 Å². The molecule has 0 bridgehead atoms. The number of carbonyl (C=O) groups excluding carboxylic acids is 1. The quantitative estimate of drug-likeness (QED) is 0.719. The van der Waals surface area contributed by atoms with Crippen LogP contribution in [0.3, 0.4) is 0 Å². The Morgan fingerprint density at radius 3 is 2.36 bits per heavy atom. The van der Waals surface area contributed by atoms with Gasteiger partial charge in [-0.15, -0.1) is 10.2 Å². The number of rotatable bonds is 8. The average molecular weight is 344 g/mol. The molecule has 0 saturated carbocycles. The normalized spacial score (nSPS) is 11.0. The van der Waals surface area contributed by atoms with Crippen LogP contribution in [0.25, 0.3) is 5.82 Å². The second-order valence-electron chi connectivity index (χ2n) is 6.22. The molecule has 0 aliphatic heterocycles. The minimum Gasteiger partial charge on any atom is -0.367 e. The van der Waals surface area contributed by atoms with Gasteiger partial charge in [-0.25, -0.2) is 4.68 Å². The molecular formula is C18H28N6O. The predicted molar refractivity (Wildman–Crippen MR) is 98.9 cm³/mol. The van der Waals surface area contributed by atoms with Crippen LogP contribution in [0.5, 0.6) is 0 Å². The highest BCUT2D eigenvalue weighted by Crippen LogP contribution is 2.15. The summed E-state index contributed by atoms with van der Waals surface area (Å²) in [6.45, 7) is 11.3. The maximum absolute atomic E-state index is 11.9. The summed E-state index contributed by atoms with van der Waals surface area (Å²) in [4.78, 5) is 11.9. The minimum absolute atomic E-state index is 0.100. The summed E-state index contributed by atoms with van der Waals surface area (Å²) in [5.41, 5.74) is 3.23. The molecule has 7 nitrogen and oxygen atoms in total. The lowest BCUT2D eigenvalue weighted by molar-refractivity contribution is -0.125. The molecule has 0 radical (unpaired) electrons. The van der Waals surface area contributed by atoms with Crippen molar-refractivity contribution in [3.63, 3.8) is 0 Å². The number of aryl methyl sites for hydroxylation is 1. The lowest BCUT2D eigenvalue weighted by Crippen LogP contribution is -2.33. The molecule has 0 unspecified atom stereocenters. The van der Waals surface area contributed by atoms with Crippen LogP contribution in [0, 0.1) is 26.7 Å². The van der Waals surface area contributed by atoms with E-state index in [1.165, 1.54) is 0 Å². The smallest absolute Gasteiger partial charge is 0.223 e. The lowest BCUT2D eigenvalue weighted by Gasteiger charge is -2.13. The molecule has 0 spiro atoms. The molecular weight excluding hydrogens is 316 g/mol. The monoisotopic (exact) mass is 344 g/mol. The molecule has 0 aliphatic carbocycles. The summed E-state index contributed by atoms with van der Waals surface area (Å²) >= 11 is 0. The highest BCUT2D eigenvalue weighted by molar-refractivity contribution is 5.78. The summed E-state index contributed by atoms with van der Waals surface area (Å²) in [5, 5.41) is 19.0. The van der Waals surface area contributed by atoms with Crippen molar-refractivity contribution in [3.8, 4) is 5.82 Å². The SMILES string of the molecule is CCC(CC)C(=O)NCCNc1ccc(-n2nc(C)c(C)c2C)nn1. The zero-order valence-corrected chi connectivity index (χ0v) is 15.8. The van der Waals surface area contributed by atoms with Gasteiger partial charge in [0.2, 0.25) is 5.91 Å². The van der Waals surface area contributed by atoms with Gasteiger partial charge in [-0.1, -0.05) is 13.8 Å². The Morgan fingerprint density at radius 1 is 1.12 bits per heavy atom. The van der Waals surface area contributed by atoms with Crippen molar-refractivity contribution in [1.82, 2.24) is 25.3 Å². The van der Waals surface area contributed by atoms with Crippen molar-refractivity contribution in [2.75, 3.05) is 18.4 Å². The Hall–Kier alpha value is -2.44. The molecule has 0 saturated heterocycles.